The molecule has 0 unspecified atom stereocenters. The first kappa shape index (κ1) is 8.43. The van der Waals surface area contributed by atoms with Crippen LogP contribution in [0.25, 0.3) is 0 Å². The minimum Gasteiger partial charge on any atom is -0.252 e. The van der Waals surface area contributed by atoms with E-state index in [1.54, 1.807) is 0 Å². The molecule has 0 heterocycles. The van der Waals surface area contributed by atoms with E-state index < -0.39 is 9.73 Å². The van der Waals surface area contributed by atoms with Crippen LogP contribution in [0.3, 0.4) is 0 Å². The maximum Gasteiger partial charge on any atom is 0.0513 e. The highest BCUT2D eigenvalue weighted by Crippen LogP contribution is 1.91. The van der Waals surface area contributed by atoms with Gasteiger partial charge in [0.2, 0.25) is 0 Å². The van der Waals surface area contributed by atoms with Crippen LogP contribution in [0, 0.1) is 4.78 Å². The second kappa shape index (κ2) is 3.45. The molecule has 0 atom stereocenters. The van der Waals surface area contributed by atoms with Crippen LogP contribution in [0.15, 0.2) is 25.3 Å². The molecule has 0 saturated carbocycles. The molecule has 0 amide bonds. The zero-order chi connectivity index (χ0) is 7.33. The predicted molar refractivity (Wildman–Crippen MR) is 41.0 cm³/mol. The number of nitrogens with one attached hydrogen (secondary N) is 1. The second-order valence-electron chi connectivity index (χ2n) is 1.72. The fourth-order valence-corrected chi connectivity index (χ4v) is 1.35. The Bertz CT molecular complexity index is 175. The summed E-state index contributed by atoms with van der Waals surface area (Å²) >= 11 is 0. The lowest BCUT2D eigenvalue weighted by molar-refractivity contribution is 0.679. The molecule has 0 aromatic heterocycles. The first-order chi connectivity index (χ1) is 4.12. The molecule has 0 radical (unpaired) electrons. The normalized spacial score (nSPS) is 10.7. The molecule has 3 heteroatoms. The van der Waals surface area contributed by atoms with Crippen molar-refractivity contribution in [3.63, 3.8) is 0 Å². The van der Waals surface area contributed by atoms with E-state index in [-0.39, 0.29) is 11.5 Å². The van der Waals surface area contributed by atoms with E-state index in [1.807, 2.05) is 0 Å². The lowest BCUT2D eigenvalue weighted by atomic mass is 10.8. The molecule has 0 aliphatic carbocycles. The summed E-state index contributed by atoms with van der Waals surface area (Å²) in [5, 5.41) is 0. The third kappa shape index (κ3) is 3.97. The van der Waals surface area contributed by atoms with Gasteiger partial charge in [-0.05, 0) is 0 Å². The van der Waals surface area contributed by atoms with Crippen LogP contribution in [0.4, 0.5) is 0 Å². The SMILES string of the molecule is C=CCS(=N)(=O)CC=C. The van der Waals surface area contributed by atoms with E-state index in [0.717, 1.165) is 0 Å². The van der Waals surface area contributed by atoms with Crippen molar-refractivity contribution in [2.45, 2.75) is 0 Å². The Kier molecular flexibility index (Phi) is 3.24. The summed E-state index contributed by atoms with van der Waals surface area (Å²) in [5.74, 6) is 0.526. The summed E-state index contributed by atoms with van der Waals surface area (Å²) in [6.45, 7) is 6.79. The molecule has 0 spiro atoms. The van der Waals surface area contributed by atoms with Gasteiger partial charge in [-0.25, -0.2) is 4.21 Å². The molecule has 0 rings (SSSR count). The highest BCUT2D eigenvalue weighted by molar-refractivity contribution is 7.92. The Labute approximate surface area is 56.3 Å². The average molecular weight is 145 g/mol. The first-order valence-electron chi connectivity index (χ1n) is 2.58. The van der Waals surface area contributed by atoms with E-state index in [2.05, 4.69) is 13.2 Å². The molecule has 0 aromatic carbocycles. The number of hydrogen-bond acceptors (Lipinski definition) is 2. The van der Waals surface area contributed by atoms with Gasteiger partial charge in [0.25, 0.3) is 0 Å². The van der Waals surface area contributed by atoms with Gasteiger partial charge in [0, 0.05) is 11.5 Å². The van der Waals surface area contributed by atoms with Crippen molar-refractivity contribution < 1.29 is 4.21 Å². The standard InChI is InChI=1S/C6H11NOS/c1-3-5-9(7,8)6-4-2/h3-4,7H,1-2,5-6H2. The zero-order valence-electron chi connectivity index (χ0n) is 5.30. The van der Waals surface area contributed by atoms with Gasteiger partial charge in [0.1, 0.15) is 0 Å². The molecule has 1 N–H and O–H groups in total. The van der Waals surface area contributed by atoms with Gasteiger partial charge in [-0.2, -0.15) is 0 Å². The monoisotopic (exact) mass is 145 g/mol. The van der Waals surface area contributed by atoms with E-state index in [9.17, 15) is 4.21 Å². The van der Waals surface area contributed by atoms with E-state index >= 15 is 0 Å². The summed E-state index contributed by atoms with van der Waals surface area (Å²) in [6.07, 6.45) is 3.00. The quantitative estimate of drug-likeness (QED) is 0.597. The highest BCUT2D eigenvalue weighted by Gasteiger charge is 1.97. The van der Waals surface area contributed by atoms with Crippen LogP contribution in [0.2, 0.25) is 0 Å². The van der Waals surface area contributed by atoms with Crippen LogP contribution in [-0.2, 0) is 9.73 Å². The Morgan fingerprint density at radius 1 is 1.33 bits per heavy atom. The summed E-state index contributed by atoms with van der Waals surface area (Å²) < 4.78 is 18.0. The molecule has 0 aliphatic rings. The Hall–Kier alpha value is -0.570. The number of hydrogen-bond donors (Lipinski definition) is 1. The van der Waals surface area contributed by atoms with Crippen molar-refractivity contribution in [3.8, 4) is 0 Å². The van der Waals surface area contributed by atoms with Gasteiger partial charge in [-0.15, -0.1) is 13.2 Å². The summed E-state index contributed by atoms with van der Waals surface area (Å²) in [7, 11) is -2.42. The third-order valence-electron chi connectivity index (χ3n) is 0.774. The summed E-state index contributed by atoms with van der Waals surface area (Å²) in [4.78, 5) is 0. The maximum absolute atomic E-state index is 10.9. The van der Waals surface area contributed by atoms with E-state index in [1.165, 1.54) is 12.2 Å². The van der Waals surface area contributed by atoms with Crippen LogP contribution < -0.4 is 0 Å². The minimum absolute atomic E-state index is 0.263. The number of rotatable bonds is 4. The zero-order valence-corrected chi connectivity index (χ0v) is 6.12. The topological polar surface area (TPSA) is 40.9 Å². The van der Waals surface area contributed by atoms with Crippen molar-refractivity contribution in [3.05, 3.63) is 25.3 Å². The van der Waals surface area contributed by atoms with Crippen molar-refractivity contribution in [2.75, 3.05) is 11.5 Å². The van der Waals surface area contributed by atoms with Crippen LogP contribution >= 0.6 is 0 Å². The molecular weight excluding hydrogens is 134 g/mol. The van der Waals surface area contributed by atoms with Gasteiger partial charge < -0.3 is 0 Å². The lowest BCUT2D eigenvalue weighted by Gasteiger charge is -1.96. The van der Waals surface area contributed by atoms with Crippen molar-refractivity contribution >= 4 is 9.73 Å². The largest absolute Gasteiger partial charge is 0.252 e. The molecule has 0 fully saturated rings. The first-order valence-corrected chi connectivity index (χ1v) is 4.48. The molecular formula is C6H11NOS. The fourth-order valence-electron chi connectivity index (χ4n) is 0.449. The van der Waals surface area contributed by atoms with Crippen molar-refractivity contribution in [1.29, 1.82) is 4.78 Å². The van der Waals surface area contributed by atoms with Gasteiger partial charge in [-0.3, -0.25) is 4.78 Å². The smallest absolute Gasteiger partial charge is 0.0513 e. The summed E-state index contributed by atoms with van der Waals surface area (Å²) in [5.41, 5.74) is 0. The fraction of sp³-hybridized carbons (Fsp3) is 0.333. The lowest BCUT2D eigenvalue weighted by Crippen LogP contribution is -2.04. The second-order valence-corrected chi connectivity index (χ2v) is 4.01. The minimum atomic E-state index is -2.42. The molecule has 0 bridgehead atoms. The van der Waals surface area contributed by atoms with Gasteiger partial charge in [-0.1, -0.05) is 12.2 Å². The third-order valence-corrected chi connectivity index (χ3v) is 2.32. The molecule has 0 saturated heterocycles. The Morgan fingerprint density at radius 3 is 1.89 bits per heavy atom. The van der Waals surface area contributed by atoms with Crippen molar-refractivity contribution in [2.24, 2.45) is 0 Å². The molecule has 9 heavy (non-hydrogen) atoms. The van der Waals surface area contributed by atoms with Crippen LogP contribution in [0.5, 0.6) is 0 Å². The van der Waals surface area contributed by atoms with Crippen LogP contribution in [0.1, 0.15) is 0 Å². The van der Waals surface area contributed by atoms with Gasteiger partial charge >= 0.3 is 0 Å². The van der Waals surface area contributed by atoms with E-state index in [0.29, 0.717) is 0 Å². The van der Waals surface area contributed by atoms with Gasteiger partial charge in [0.05, 0.1) is 9.73 Å². The maximum atomic E-state index is 10.9. The van der Waals surface area contributed by atoms with E-state index in [4.69, 9.17) is 4.78 Å². The molecule has 52 valence electrons. The molecule has 0 aliphatic heterocycles. The Morgan fingerprint density at radius 2 is 1.67 bits per heavy atom. The van der Waals surface area contributed by atoms with Crippen LogP contribution in [-0.4, -0.2) is 15.7 Å². The summed E-state index contributed by atoms with van der Waals surface area (Å²) in [6, 6.07) is 0. The molecule has 2 nitrogen and oxygen atoms in total. The van der Waals surface area contributed by atoms with Crippen molar-refractivity contribution in [1.82, 2.24) is 0 Å². The Balaban J connectivity index is 4.03. The highest BCUT2D eigenvalue weighted by atomic mass is 32.2. The molecule has 0 aromatic rings. The average Bonchev–Trinajstić information content (AvgIpc) is 1.64. The predicted octanol–water partition coefficient (Wildman–Crippen LogP) is 1.41. The van der Waals surface area contributed by atoms with Gasteiger partial charge in [0.15, 0.2) is 0 Å².